The second-order valence-corrected chi connectivity index (χ2v) is 8.73. The molecule has 0 aliphatic carbocycles. The summed E-state index contributed by atoms with van der Waals surface area (Å²) in [6, 6.07) is 4.63. The van der Waals surface area contributed by atoms with Crippen LogP contribution in [0, 0.1) is 0 Å². The Morgan fingerprint density at radius 2 is 1.61 bits per heavy atom. The van der Waals surface area contributed by atoms with Gasteiger partial charge in [-0.3, -0.25) is 0 Å². The SMILES string of the molecule is CCCCCCCCCCCCc1cc2[nH]c3sccc3c2s1. The van der Waals surface area contributed by atoms with Crippen LogP contribution in [0.2, 0.25) is 0 Å². The van der Waals surface area contributed by atoms with Gasteiger partial charge in [-0.1, -0.05) is 64.7 Å². The molecule has 0 aromatic carbocycles. The first-order valence-electron chi connectivity index (χ1n) is 9.36. The van der Waals surface area contributed by atoms with Crippen LogP contribution in [-0.2, 0) is 6.42 Å². The molecule has 0 amide bonds. The fourth-order valence-electron chi connectivity index (χ4n) is 3.35. The van der Waals surface area contributed by atoms with E-state index in [0.29, 0.717) is 0 Å². The van der Waals surface area contributed by atoms with Crippen molar-refractivity contribution in [1.82, 2.24) is 4.98 Å². The molecule has 0 aliphatic rings. The molecule has 0 atom stereocenters. The normalized spacial score (nSPS) is 11.9. The molecule has 0 saturated carbocycles. The third kappa shape index (κ3) is 4.60. The van der Waals surface area contributed by atoms with Gasteiger partial charge in [0.2, 0.25) is 0 Å². The van der Waals surface area contributed by atoms with E-state index in [-0.39, 0.29) is 0 Å². The summed E-state index contributed by atoms with van der Waals surface area (Å²) in [5, 5.41) is 3.60. The molecule has 1 nitrogen and oxygen atoms in total. The Morgan fingerprint density at radius 3 is 2.35 bits per heavy atom. The van der Waals surface area contributed by atoms with Crippen LogP contribution in [0.15, 0.2) is 17.5 Å². The minimum absolute atomic E-state index is 1.26. The van der Waals surface area contributed by atoms with Crippen LogP contribution in [0.1, 0.15) is 76.0 Å². The van der Waals surface area contributed by atoms with Crippen molar-refractivity contribution < 1.29 is 0 Å². The Labute approximate surface area is 148 Å². The first kappa shape index (κ1) is 17.0. The largest absolute Gasteiger partial charge is 0.346 e. The van der Waals surface area contributed by atoms with Gasteiger partial charge in [0.15, 0.2) is 0 Å². The summed E-state index contributed by atoms with van der Waals surface area (Å²) in [6.45, 7) is 2.29. The quantitative estimate of drug-likeness (QED) is 0.339. The number of nitrogens with one attached hydrogen (secondary N) is 1. The lowest BCUT2D eigenvalue weighted by molar-refractivity contribution is 0.557. The molecule has 0 unspecified atom stereocenters. The van der Waals surface area contributed by atoms with Gasteiger partial charge in [0.05, 0.1) is 10.2 Å². The lowest BCUT2D eigenvalue weighted by Crippen LogP contribution is -1.84. The van der Waals surface area contributed by atoms with Gasteiger partial charge in [-0.2, -0.15) is 0 Å². The first-order valence-corrected chi connectivity index (χ1v) is 11.1. The molecule has 3 heteroatoms. The van der Waals surface area contributed by atoms with E-state index in [4.69, 9.17) is 0 Å². The van der Waals surface area contributed by atoms with Crippen molar-refractivity contribution in [3.8, 4) is 0 Å². The highest BCUT2D eigenvalue weighted by Gasteiger charge is 2.09. The van der Waals surface area contributed by atoms with Crippen LogP contribution < -0.4 is 0 Å². The monoisotopic (exact) mass is 347 g/mol. The number of fused-ring (bicyclic) bond motifs is 3. The molecule has 3 heterocycles. The van der Waals surface area contributed by atoms with Gasteiger partial charge in [-0.25, -0.2) is 0 Å². The van der Waals surface area contributed by atoms with Gasteiger partial charge in [0.25, 0.3) is 0 Å². The summed E-state index contributed by atoms with van der Waals surface area (Å²) in [4.78, 5) is 6.43. The van der Waals surface area contributed by atoms with E-state index in [1.165, 1.54) is 91.1 Å². The zero-order valence-corrected chi connectivity index (χ0v) is 16.0. The number of aromatic nitrogens is 1. The molecular weight excluding hydrogens is 318 g/mol. The van der Waals surface area contributed by atoms with E-state index in [1.807, 2.05) is 22.7 Å². The van der Waals surface area contributed by atoms with E-state index in [9.17, 15) is 0 Å². The molecule has 0 saturated heterocycles. The highest BCUT2D eigenvalue weighted by Crippen LogP contribution is 2.35. The van der Waals surface area contributed by atoms with Crippen molar-refractivity contribution in [3.63, 3.8) is 0 Å². The zero-order valence-electron chi connectivity index (χ0n) is 14.3. The molecule has 0 aliphatic heterocycles. The van der Waals surface area contributed by atoms with Crippen LogP contribution in [0.4, 0.5) is 0 Å². The number of H-pyrrole nitrogens is 1. The van der Waals surface area contributed by atoms with Gasteiger partial charge in [-0.05, 0) is 30.4 Å². The van der Waals surface area contributed by atoms with Crippen molar-refractivity contribution in [3.05, 3.63) is 22.4 Å². The van der Waals surface area contributed by atoms with Gasteiger partial charge in [-0.15, -0.1) is 22.7 Å². The molecule has 126 valence electrons. The first-order chi connectivity index (χ1) is 11.4. The zero-order chi connectivity index (χ0) is 15.9. The smallest absolute Gasteiger partial charge is 0.102 e. The summed E-state index contributed by atoms with van der Waals surface area (Å²) in [7, 11) is 0. The average Bonchev–Trinajstić information content (AvgIpc) is 3.21. The minimum Gasteiger partial charge on any atom is -0.346 e. The molecule has 3 rings (SSSR count). The molecular formula is C20H29NS2. The Bertz CT molecular complexity index is 704. The third-order valence-corrected chi connectivity index (χ3v) is 6.78. The van der Waals surface area contributed by atoms with Crippen molar-refractivity contribution >= 4 is 43.1 Å². The molecule has 0 radical (unpaired) electrons. The van der Waals surface area contributed by atoms with E-state index < -0.39 is 0 Å². The number of thiophene rings is 2. The predicted octanol–water partition coefficient (Wildman–Crippen LogP) is 7.91. The van der Waals surface area contributed by atoms with Crippen molar-refractivity contribution in [1.29, 1.82) is 0 Å². The van der Waals surface area contributed by atoms with E-state index in [1.54, 1.807) is 4.88 Å². The van der Waals surface area contributed by atoms with Crippen molar-refractivity contribution in [2.45, 2.75) is 77.6 Å². The molecule has 1 N–H and O–H groups in total. The highest BCUT2D eigenvalue weighted by atomic mass is 32.1. The van der Waals surface area contributed by atoms with Crippen LogP contribution in [0.5, 0.6) is 0 Å². The summed E-state index contributed by atoms with van der Waals surface area (Å²) in [5.41, 5.74) is 1.35. The molecule has 23 heavy (non-hydrogen) atoms. The summed E-state index contributed by atoms with van der Waals surface area (Å²) < 4.78 is 1.46. The standard InChI is InChI=1S/C20H29NS2/c1-2-3-4-5-6-7-8-9-10-11-12-16-15-18-19(23-16)17-13-14-22-20(17)21-18/h13-15,21H,2-12H2,1H3. The maximum atomic E-state index is 3.55. The van der Waals surface area contributed by atoms with E-state index in [2.05, 4.69) is 29.4 Å². The second-order valence-electron chi connectivity index (χ2n) is 6.68. The van der Waals surface area contributed by atoms with E-state index in [0.717, 1.165) is 0 Å². The lowest BCUT2D eigenvalue weighted by atomic mass is 10.1. The topological polar surface area (TPSA) is 15.8 Å². The Morgan fingerprint density at radius 1 is 0.913 bits per heavy atom. The van der Waals surface area contributed by atoms with Crippen LogP contribution in [0.3, 0.4) is 0 Å². The van der Waals surface area contributed by atoms with Gasteiger partial charge < -0.3 is 4.98 Å². The molecule has 3 aromatic heterocycles. The Hall–Kier alpha value is -0.800. The Balaban J connectivity index is 1.31. The number of aryl methyl sites for hydroxylation is 1. The van der Waals surface area contributed by atoms with Crippen LogP contribution in [-0.4, -0.2) is 4.98 Å². The van der Waals surface area contributed by atoms with Gasteiger partial charge >= 0.3 is 0 Å². The number of hydrogen-bond donors (Lipinski definition) is 1. The summed E-state index contributed by atoms with van der Waals surface area (Å²) in [5.74, 6) is 0. The number of unbranched alkanes of at least 4 members (excludes halogenated alkanes) is 9. The molecule has 0 bridgehead atoms. The second kappa shape index (κ2) is 8.89. The minimum atomic E-state index is 1.26. The number of aromatic amines is 1. The van der Waals surface area contributed by atoms with Crippen molar-refractivity contribution in [2.24, 2.45) is 0 Å². The van der Waals surface area contributed by atoms with E-state index >= 15 is 0 Å². The maximum Gasteiger partial charge on any atom is 0.102 e. The van der Waals surface area contributed by atoms with Crippen LogP contribution in [0.25, 0.3) is 20.4 Å². The molecule has 0 fully saturated rings. The maximum absolute atomic E-state index is 3.55. The lowest BCUT2D eigenvalue weighted by Gasteiger charge is -2.01. The Kier molecular flexibility index (Phi) is 6.58. The van der Waals surface area contributed by atoms with Gasteiger partial charge in [0.1, 0.15) is 4.83 Å². The highest BCUT2D eigenvalue weighted by molar-refractivity contribution is 7.22. The predicted molar refractivity (Wildman–Crippen MR) is 107 cm³/mol. The summed E-state index contributed by atoms with van der Waals surface area (Å²) in [6.07, 6.45) is 15.4. The summed E-state index contributed by atoms with van der Waals surface area (Å²) >= 11 is 3.80. The molecule has 0 spiro atoms. The molecule has 3 aromatic rings. The fraction of sp³-hybridized carbons (Fsp3) is 0.600. The van der Waals surface area contributed by atoms with Gasteiger partial charge in [0, 0.05) is 10.3 Å². The van der Waals surface area contributed by atoms with Crippen molar-refractivity contribution in [2.75, 3.05) is 0 Å². The number of rotatable bonds is 11. The fourth-order valence-corrected chi connectivity index (χ4v) is 5.41. The van der Waals surface area contributed by atoms with Crippen LogP contribution >= 0.6 is 22.7 Å². The third-order valence-electron chi connectivity index (χ3n) is 4.72. The number of hydrogen-bond acceptors (Lipinski definition) is 2. The average molecular weight is 348 g/mol.